The van der Waals surface area contributed by atoms with Gasteiger partial charge in [-0.3, -0.25) is 9.78 Å². The first-order valence-corrected chi connectivity index (χ1v) is 5.60. The van der Waals surface area contributed by atoms with E-state index in [1.807, 2.05) is 6.92 Å². The van der Waals surface area contributed by atoms with E-state index >= 15 is 0 Å². The van der Waals surface area contributed by atoms with Crippen molar-refractivity contribution in [1.29, 1.82) is 0 Å². The highest BCUT2D eigenvalue weighted by atomic mass is 35.5. The van der Waals surface area contributed by atoms with Crippen LogP contribution in [0.15, 0.2) is 0 Å². The molecular weight excluding hydrogens is 242 g/mol. The molecule has 0 spiro atoms. The molecule has 92 valence electrons. The van der Waals surface area contributed by atoms with Crippen molar-refractivity contribution >= 4 is 23.4 Å². The Labute approximate surface area is 105 Å². The lowest BCUT2D eigenvalue weighted by Gasteiger charge is -2.11. The smallest absolute Gasteiger partial charge is 0.379 e. The molecule has 0 atom stereocenters. The fourth-order valence-electron chi connectivity index (χ4n) is 1.62. The molecule has 1 aromatic heterocycles. The third kappa shape index (κ3) is 2.47. The Morgan fingerprint density at radius 1 is 1.35 bits per heavy atom. The highest BCUT2D eigenvalue weighted by Gasteiger charge is 2.24. The van der Waals surface area contributed by atoms with Crippen molar-refractivity contribution in [3.63, 3.8) is 0 Å². The normalized spacial score (nSPS) is 10.2. The number of Topliss-reactive ketones (excluding diaryl/α,β-unsaturated/α-hetero) is 1. The number of methoxy groups -OCH3 is 1. The maximum Gasteiger partial charge on any atom is 0.379 e. The van der Waals surface area contributed by atoms with Crippen molar-refractivity contribution in [3.8, 4) is 0 Å². The number of hydrogen-bond acceptors (Lipinski definition) is 4. The van der Waals surface area contributed by atoms with Gasteiger partial charge in [-0.25, -0.2) is 4.79 Å². The number of esters is 1. The second-order valence-corrected chi connectivity index (χ2v) is 4.01. The number of ketones is 1. The number of carbonyl (C=O) groups is 2. The van der Waals surface area contributed by atoms with Crippen LogP contribution >= 0.6 is 11.6 Å². The summed E-state index contributed by atoms with van der Waals surface area (Å²) in [4.78, 5) is 27.3. The van der Waals surface area contributed by atoms with Crippen LogP contribution in [-0.4, -0.2) is 23.8 Å². The fourth-order valence-corrected chi connectivity index (χ4v) is 1.95. The molecule has 0 aromatic carbocycles. The number of pyridine rings is 1. The summed E-state index contributed by atoms with van der Waals surface area (Å²) in [5.74, 6) is -1.69. The summed E-state index contributed by atoms with van der Waals surface area (Å²) >= 11 is 6.11. The van der Waals surface area contributed by atoms with Gasteiger partial charge in [0.2, 0.25) is 0 Å². The maximum atomic E-state index is 11.8. The van der Waals surface area contributed by atoms with Gasteiger partial charge in [0.05, 0.1) is 23.4 Å². The number of aryl methyl sites for hydroxylation is 2. The highest BCUT2D eigenvalue weighted by Crippen LogP contribution is 2.26. The van der Waals surface area contributed by atoms with Crippen LogP contribution in [-0.2, 0) is 16.0 Å². The van der Waals surface area contributed by atoms with E-state index in [1.165, 1.54) is 0 Å². The van der Waals surface area contributed by atoms with Crippen molar-refractivity contribution in [1.82, 2.24) is 4.98 Å². The molecule has 0 aliphatic carbocycles. The molecule has 0 amide bonds. The Morgan fingerprint density at radius 3 is 2.41 bits per heavy atom. The quantitative estimate of drug-likeness (QED) is 0.472. The van der Waals surface area contributed by atoms with Gasteiger partial charge in [0.1, 0.15) is 0 Å². The average molecular weight is 256 g/mol. The SMILES string of the molecule is CCc1nc(C)c(C(=O)C(=O)OC)c(Cl)c1C. The van der Waals surface area contributed by atoms with Crippen LogP contribution in [0.1, 0.15) is 34.2 Å². The Kier molecular flexibility index (Phi) is 4.23. The molecule has 1 aromatic rings. The zero-order valence-electron chi connectivity index (χ0n) is 10.3. The van der Waals surface area contributed by atoms with E-state index in [0.717, 1.165) is 24.8 Å². The third-order valence-corrected chi connectivity index (χ3v) is 3.05. The zero-order chi connectivity index (χ0) is 13.2. The number of aromatic nitrogens is 1. The monoisotopic (exact) mass is 255 g/mol. The number of ether oxygens (including phenoxy) is 1. The van der Waals surface area contributed by atoms with Gasteiger partial charge in [-0.15, -0.1) is 0 Å². The van der Waals surface area contributed by atoms with Gasteiger partial charge in [-0.2, -0.15) is 0 Å². The molecule has 0 aliphatic heterocycles. The number of carbonyl (C=O) groups excluding carboxylic acids is 2. The second kappa shape index (κ2) is 5.27. The average Bonchev–Trinajstić information content (AvgIpc) is 2.32. The van der Waals surface area contributed by atoms with Crippen LogP contribution in [0.5, 0.6) is 0 Å². The van der Waals surface area contributed by atoms with Crippen molar-refractivity contribution in [3.05, 3.63) is 27.5 Å². The first kappa shape index (κ1) is 13.6. The fraction of sp³-hybridized carbons (Fsp3) is 0.417. The number of rotatable bonds is 3. The number of halogens is 1. The summed E-state index contributed by atoms with van der Waals surface area (Å²) in [7, 11) is 1.16. The second-order valence-electron chi connectivity index (χ2n) is 3.63. The summed E-state index contributed by atoms with van der Waals surface area (Å²) in [6.45, 7) is 5.38. The summed E-state index contributed by atoms with van der Waals surface area (Å²) < 4.78 is 4.40. The van der Waals surface area contributed by atoms with Gasteiger partial charge in [0, 0.05) is 5.69 Å². The van der Waals surface area contributed by atoms with Gasteiger partial charge in [-0.05, 0) is 25.8 Å². The van der Waals surface area contributed by atoms with Crippen LogP contribution in [0.3, 0.4) is 0 Å². The Hall–Kier alpha value is -1.42. The van der Waals surface area contributed by atoms with E-state index in [9.17, 15) is 9.59 Å². The standard InChI is InChI=1S/C12H14ClNO3/c1-5-8-6(2)10(13)9(7(3)14-8)11(15)12(16)17-4/h5H2,1-4H3. The molecule has 0 radical (unpaired) electrons. The van der Waals surface area contributed by atoms with Crippen molar-refractivity contribution in [2.24, 2.45) is 0 Å². The minimum absolute atomic E-state index is 0.133. The number of hydrogen-bond donors (Lipinski definition) is 0. The van der Waals surface area contributed by atoms with Gasteiger partial charge >= 0.3 is 5.97 Å². The van der Waals surface area contributed by atoms with E-state index in [2.05, 4.69) is 9.72 Å². The third-order valence-electron chi connectivity index (χ3n) is 2.58. The van der Waals surface area contributed by atoms with Crippen LogP contribution in [0.25, 0.3) is 0 Å². The minimum atomic E-state index is -0.930. The molecular formula is C12H14ClNO3. The van der Waals surface area contributed by atoms with Gasteiger partial charge in [0.25, 0.3) is 5.78 Å². The Balaban J connectivity index is 3.40. The summed E-state index contributed by atoms with van der Waals surface area (Å²) in [5, 5.41) is 0.282. The molecule has 0 saturated carbocycles. The Morgan fingerprint density at radius 2 is 1.94 bits per heavy atom. The first-order valence-electron chi connectivity index (χ1n) is 5.22. The summed E-state index contributed by atoms with van der Waals surface area (Å²) in [6, 6.07) is 0. The predicted octanol–water partition coefficient (Wildman–Crippen LogP) is 2.27. The lowest BCUT2D eigenvalue weighted by Crippen LogP contribution is -2.19. The van der Waals surface area contributed by atoms with Gasteiger partial charge in [0.15, 0.2) is 0 Å². The molecule has 5 heteroatoms. The zero-order valence-corrected chi connectivity index (χ0v) is 11.0. The molecule has 1 rings (SSSR count). The van der Waals surface area contributed by atoms with Crippen LogP contribution < -0.4 is 0 Å². The summed E-state index contributed by atoms with van der Waals surface area (Å²) in [6.07, 6.45) is 0.721. The molecule has 0 aliphatic rings. The van der Waals surface area contributed by atoms with Crippen molar-refractivity contribution in [2.75, 3.05) is 7.11 Å². The molecule has 4 nitrogen and oxygen atoms in total. The molecule has 0 bridgehead atoms. The molecule has 0 saturated heterocycles. The first-order chi connectivity index (χ1) is 7.93. The predicted molar refractivity (Wildman–Crippen MR) is 64.4 cm³/mol. The van der Waals surface area contributed by atoms with E-state index in [4.69, 9.17) is 11.6 Å². The lowest BCUT2D eigenvalue weighted by atomic mass is 10.0. The highest BCUT2D eigenvalue weighted by molar-refractivity contribution is 6.46. The molecule has 0 N–H and O–H groups in total. The lowest BCUT2D eigenvalue weighted by molar-refractivity contribution is -0.135. The topological polar surface area (TPSA) is 56.3 Å². The van der Waals surface area contributed by atoms with Gasteiger partial charge < -0.3 is 4.74 Å². The largest absolute Gasteiger partial charge is 0.463 e. The molecule has 0 unspecified atom stereocenters. The van der Waals surface area contributed by atoms with Crippen molar-refractivity contribution in [2.45, 2.75) is 27.2 Å². The summed E-state index contributed by atoms with van der Waals surface area (Å²) in [5.41, 5.74) is 2.14. The van der Waals surface area contributed by atoms with E-state index in [-0.39, 0.29) is 10.6 Å². The van der Waals surface area contributed by atoms with Crippen LogP contribution in [0.2, 0.25) is 5.02 Å². The number of nitrogens with zero attached hydrogens (tertiary/aromatic N) is 1. The van der Waals surface area contributed by atoms with Crippen LogP contribution in [0.4, 0.5) is 0 Å². The minimum Gasteiger partial charge on any atom is -0.463 e. The van der Waals surface area contributed by atoms with Gasteiger partial charge in [-0.1, -0.05) is 18.5 Å². The van der Waals surface area contributed by atoms with Crippen molar-refractivity contribution < 1.29 is 14.3 Å². The van der Waals surface area contributed by atoms with E-state index in [0.29, 0.717) is 5.69 Å². The Bertz CT molecular complexity index is 483. The molecule has 1 heterocycles. The van der Waals surface area contributed by atoms with E-state index in [1.54, 1.807) is 13.8 Å². The molecule has 0 fully saturated rings. The van der Waals surface area contributed by atoms with E-state index < -0.39 is 11.8 Å². The molecule has 17 heavy (non-hydrogen) atoms. The van der Waals surface area contributed by atoms with Crippen LogP contribution in [0, 0.1) is 13.8 Å². The maximum absolute atomic E-state index is 11.8.